The number of piperidine rings is 1. The smallest absolute Gasteiger partial charge is 0.220 e. The van der Waals surface area contributed by atoms with Crippen molar-refractivity contribution in [1.82, 2.24) is 5.32 Å². The molecule has 4 nitrogen and oxygen atoms in total. The minimum atomic E-state index is -0.163. The summed E-state index contributed by atoms with van der Waals surface area (Å²) in [5.41, 5.74) is 7.87. The molecular weight excluding hydrogens is 330 g/mol. The van der Waals surface area contributed by atoms with Gasteiger partial charge in [0, 0.05) is 29.5 Å². The van der Waals surface area contributed by atoms with Crippen LogP contribution in [0.1, 0.15) is 38.3 Å². The summed E-state index contributed by atoms with van der Waals surface area (Å²) in [7, 11) is 0. The molecule has 3 N–H and O–H groups in total. The number of amides is 1. The van der Waals surface area contributed by atoms with Crippen molar-refractivity contribution in [2.45, 2.75) is 32.7 Å². The molecule has 1 aliphatic rings. The van der Waals surface area contributed by atoms with Gasteiger partial charge in [-0.05, 0) is 59.9 Å². The molecule has 1 aliphatic heterocycles. The predicted octanol–water partition coefficient (Wildman–Crippen LogP) is 2.82. The summed E-state index contributed by atoms with van der Waals surface area (Å²) in [5, 5.41) is 3.42. The van der Waals surface area contributed by atoms with Crippen molar-refractivity contribution in [1.29, 1.82) is 0 Å². The SMILES string of the molecule is CCNC(C)c1ccc(N2CCC(C(N)=O)CC2)c(Br)c1. The number of hydrogen-bond acceptors (Lipinski definition) is 3. The first-order valence-corrected chi connectivity index (χ1v) is 8.39. The van der Waals surface area contributed by atoms with Crippen molar-refractivity contribution in [3.05, 3.63) is 28.2 Å². The van der Waals surface area contributed by atoms with E-state index in [0.29, 0.717) is 6.04 Å². The fourth-order valence-corrected chi connectivity index (χ4v) is 3.53. The van der Waals surface area contributed by atoms with Gasteiger partial charge >= 0.3 is 0 Å². The third kappa shape index (κ3) is 3.98. The van der Waals surface area contributed by atoms with E-state index in [0.717, 1.165) is 36.9 Å². The van der Waals surface area contributed by atoms with Crippen LogP contribution in [0.3, 0.4) is 0 Å². The average molecular weight is 354 g/mol. The molecule has 0 aliphatic carbocycles. The van der Waals surface area contributed by atoms with Crippen molar-refractivity contribution in [3.63, 3.8) is 0 Å². The summed E-state index contributed by atoms with van der Waals surface area (Å²) in [6, 6.07) is 6.87. The monoisotopic (exact) mass is 353 g/mol. The summed E-state index contributed by atoms with van der Waals surface area (Å²) in [4.78, 5) is 13.6. The number of halogens is 1. The molecule has 5 heteroatoms. The molecule has 0 bridgehead atoms. The molecule has 0 saturated carbocycles. The molecule has 1 saturated heterocycles. The number of nitrogens with zero attached hydrogens (tertiary/aromatic N) is 1. The molecular formula is C16H24BrN3O. The van der Waals surface area contributed by atoms with Gasteiger partial charge in [-0.2, -0.15) is 0 Å². The molecule has 1 atom stereocenters. The Balaban J connectivity index is 2.06. The summed E-state index contributed by atoms with van der Waals surface area (Å²) in [6.45, 7) is 7.01. The van der Waals surface area contributed by atoms with Crippen LogP contribution >= 0.6 is 15.9 Å². The lowest BCUT2D eigenvalue weighted by Gasteiger charge is -2.33. The topological polar surface area (TPSA) is 58.4 Å². The Labute approximate surface area is 135 Å². The lowest BCUT2D eigenvalue weighted by Crippen LogP contribution is -2.38. The molecule has 0 aromatic heterocycles. The zero-order chi connectivity index (χ0) is 15.4. The Morgan fingerprint density at radius 3 is 2.67 bits per heavy atom. The Morgan fingerprint density at radius 1 is 1.48 bits per heavy atom. The van der Waals surface area contributed by atoms with Crippen LogP contribution in [0.15, 0.2) is 22.7 Å². The first kappa shape index (κ1) is 16.3. The number of rotatable bonds is 5. The van der Waals surface area contributed by atoms with E-state index in [2.05, 4.69) is 58.2 Å². The number of nitrogens with one attached hydrogen (secondary N) is 1. The van der Waals surface area contributed by atoms with Gasteiger partial charge < -0.3 is 16.0 Å². The quantitative estimate of drug-likeness (QED) is 0.855. The molecule has 1 amide bonds. The van der Waals surface area contributed by atoms with E-state index in [1.807, 2.05) is 0 Å². The molecule has 21 heavy (non-hydrogen) atoms. The van der Waals surface area contributed by atoms with Crippen LogP contribution in [-0.2, 0) is 4.79 Å². The summed E-state index contributed by atoms with van der Waals surface area (Å²) < 4.78 is 1.11. The first-order chi connectivity index (χ1) is 10.0. The van der Waals surface area contributed by atoms with Gasteiger partial charge in [0.1, 0.15) is 0 Å². The Bertz CT molecular complexity index is 498. The van der Waals surface area contributed by atoms with Crippen LogP contribution < -0.4 is 16.0 Å². The molecule has 0 spiro atoms. The van der Waals surface area contributed by atoms with Gasteiger partial charge in [0.2, 0.25) is 5.91 Å². The Morgan fingerprint density at radius 2 is 2.14 bits per heavy atom. The Kier molecular flexibility index (Phi) is 5.65. The highest BCUT2D eigenvalue weighted by Gasteiger charge is 2.24. The van der Waals surface area contributed by atoms with Crippen LogP contribution in [0.25, 0.3) is 0 Å². The second-order valence-corrected chi connectivity index (χ2v) is 6.51. The van der Waals surface area contributed by atoms with E-state index in [9.17, 15) is 4.79 Å². The second-order valence-electron chi connectivity index (χ2n) is 5.65. The van der Waals surface area contributed by atoms with Crippen molar-refractivity contribution in [2.75, 3.05) is 24.5 Å². The van der Waals surface area contributed by atoms with Crippen molar-refractivity contribution >= 4 is 27.5 Å². The number of nitrogens with two attached hydrogens (primary N) is 1. The molecule has 1 heterocycles. The summed E-state index contributed by atoms with van der Waals surface area (Å²) in [5.74, 6) is -0.128. The van der Waals surface area contributed by atoms with Gasteiger partial charge in [-0.3, -0.25) is 4.79 Å². The van der Waals surface area contributed by atoms with Gasteiger partial charge in [-0.25, -0.2) is 0 Å². The first-order valence-electron chi connectivity index (χ1n) is 7.60. The number of carbonyl (C=O) groups is 1. The summed E-state index contributed by atoms with van der Waals surface area (Å²) in [6.07, 6.45) is 1.69. The third-order valence-corrected chi connectivity index (χ3v) is 4.86. The molecule has 1 fully saturated rings. The van der Waals surface area contributed by atoms with Crippen LogP contribution in [0.2, 0.25) is 0 Å². The standard InChI is InChI=1S/C16H24BrN3O/c1-3-19-11(2)13-4-5-15(14(17)10-13)20-8-6-12(7-9-20)16(18)21/h4-5,10-12,19H,3,6-9H2,1-2H3,(H2,18,21). The molecule has 1 aromatic rings. The van der Waals surface area contributed by atoms with Gasteiger partial charge in [0.15, 0.2) is 0 Å². The Hall–Kier alpha value is -1.07. The molecule has 0 radical (unpaired) electrons. The summed E-state index contributed by atoms with van der Waals surface area (Å²) >= 11 is 3.69. The second kappa shape index (κ2) is 7.27. The molecule has 1 aromatic carbocycles. The highest BCUT2D eigenvalue weighted by molar-refractivity contribution is 9.10. The van der Waals surface area contributed by atoms with E-state index in [-0.39, 0.29) is 11.8 Å². The minimum absolute atomic E-state index is 0.0353. The van der Waals surface area contributed by atoms with Crippen LogP contribution in [0.5, 0.6) is 0 Å². The van der Waals surface area contributed by atoms with Crippen molar-refractivity contribution in [2.24, 2.45) is 11.7 Å². The number of benzene rings is 1. The zero-order valence-electron chi connectivity index (χ0n) is 12.7. The zero-order valence-corrected chi connectivity index (χ0v) is 14.3. The van der Waals surface area contributed by atoms with Gasteiger partial charge in [0.25, 0.3) is 0 Å². The van der Waals surface area contributed by atoms with Gasteiger partial charge in [-0.1, -0.05) is 13.0 Å². The van der Waals surface area contributed by atoms with E-state index >= 15 is 0 Å². The van der Waals surface area contributed by atoms with E-state index < -0.39 is 0 Å². The minimum Gasteiger partial charge on any atom is -0.371 e. The maximum atomic E-state index is 11.2. The van der Waals surface area contributed by atoms with Gasteiger partial charge in [0.05, 0.1) is 5.69 Å². The lowest BCUT2D eigenvalue weighted by molar-refractivity contribution is -0.122. The van der Waals surface area contributed by atoms with E-state index in [1.54, 1.807) is 0 Å². The maximum Gasteiger partial charge on any atom is 0.220 e. The van der Waals surface area contributed by atoms with E-state index in [4.69, 9.17) is 5.73 Å². The van der Waals surface area contributed by atoms with Crippen LogP contribution in [-0.4, -0.2) is 25.5 Å². The fraction of sp³-hybridized carbons (Fsp3) is 0.562. The number of hydrogen-bond donors (Lipinski definition) is 2. The lowest BCUT2D eigenvalue weighted by atomic mass is 9.96. The largest absolute Gasteiger partial charge is 0.371 e. The highest BCUT2D eigenvalue weighted by Crippen LogP contribution is 2.32. The maximum absolute atomic E-state index is 11.2. The highest BCUT2D eigenvalue weighted by atomic mass is 79.9. The predicted molar refractivity (Wildman–Crippen MR) is 90.4 cm³/mol. The molecule has 116 valence electrons. The van der Waals surface area contributed by atoms with Gasteiger partial charge in [-0.15, -0.1) is 0 Å². The number of carbonyl (C=O) groups excluding carboxylic acids is 1. The average Bonchev–Trinajstić information content (AvgIpc) is 2.47. The number of primary amides is 1. The third-order valence-electron chi connectivity index (χ3n) is 4.22. The number of anilines is 1. The van der Waals surface area contributed by atoms with Crippen molar-refractivity contribution < 1.29 is 4.79 Å². The van der Waals surface area contributed by atoms with Crippen LogP contribution in [0.4, 0.5) is 5.69 Å². The molecule has 2 rings (SSSR count). The molecule has 1 unspecified atom stereocenters. The van der Waals surface area contributed by atoms with E-state index in [1.165, 1.54) is 11.3 Å². The van der Waals surface area contributed by atoms with Crippen molar-refractivity contribution in [3.8, 4) is 0 Å². The normalized spacial score (nSPS) is 17.8. The van der Waals surface area contributed by atoms with Crippen LogP contribution in [0, 0.1) is 5.92 Å². The fourth-order valence-electron chi connectivity index (χ4n) is 2.88.